The highest BCUT2D eigenvalue weighted by atomic mass is 16.3. The van der Waals surface area contributed by atoms with Crippen molar-refractivity contribution in [2.45, 2.75) is 39.5 Å². The van der Waals surface area contributed by atoms with Crippen molar-refractivity contribution in [3.05, 3.63) is 132 Å². The lowest BCUT2D eigenvalue weighted by Crippen LogP contribution is -2.09. The lowest BCUT2D eigenvalue weighted by molar-refractivity contribution is 0.655. The molecule has 9 rings (SSSR count). The second kappa shape index (κ2) is 10.5. The zero-order valence-electron chi connectivity index (χ0n) is 26.9. The van der Waals surface area contributed by atoms with Crippen molar-refractivity contribution in [1.82, 2.24) is 9.55 Å². The lowest BCUT2D eigenvalue weighted by Gasteiger charge is -2.23. The van der Waals surface area contributed by atoms with Gasteiger partial charge >= 0.3 is 0 Å². The highest BCUT2D eigenvalue weighted by molar-refractivity contribution is 6.11. The molecule has 0 aliphatic rings. The van der Waals surface area contributed by atoms with Crippen molar-refractivity contribution in [3.63, 3.8) is 0 Å². The number of benzene rings is 6. The van der Waals surface area contributed by atoms with Crippen LogP contribution in [0.4, 0.5) is 0 Å². The Bertz CT molecular complexity index is 2630. The summed E-state index contributed by atoms with van der Waals surface area (Å²) in [6, 6.07) is 42.5. The Morgan fingerprint density at radius 3 is 2.11 bits per heavy atom. The molecule has 0 saturated heterocycles. The van der Waals surface area contributed by atoms with E-state index in [0.29, 0.717) is 0 Å². The predicted molar refractivity (Wildman–Crippen MR) is 195 cm³/mol. The summed E-state index contributed by atoms with van der Waals surface area (Å²) in [7, 11) is 0. The van der Waals surface area contributed by atoms with Gasteiger partial charge < -0.3 is 8.83 Å². The average molecular weight is 611 g/mol. The van der Waals surface area contributed by atoms with Crippen LogP contribution in [-0.2, 0) is 0 Å². The van der Waals surface area contributed by atoms with E-state index < -0.39 is 0 Å². The smallest absolute Gasteiger partial charge is 0.149 e. The highest BCUT2D eigenvalue weighted by Crippen LogP contribution is 2.45. The van der Waals surface area contributed by atoms with E-state index in [1.165, 1.54) is 16.7 Å². The third kappa shape index (κ3) is 4.18. The van der Waals surface area contributed by atoms with Gasteiger partial charge in [-0.3, -0.25) is 4.57 Å². The molecule has 0 unspecified atom stereocenters. The van der Waals surface area contributed by atoms with E-state index in [2.05, 4.69) is 141 Å². The fourth-order valence-corrected chi connectivity index (χ4v) is 7.34. The van der Waals surface area contributed by atoms with Crippen LogP contribution in [0.1, 0.15) is 50.7 Å². The summed E-state index contributed by atoms with van der Waals surface area (Å²) in [4.78, 5) is 5.32. The average Bonchev–Trinajstić information content (AvgIpc) is 3.78. The SMILES string of the molecule is CC(C)c1cc2c(oc3cc(-c4ccccc4)ccc32)c(C(C)C)c1-n1c(-c2cccc3c2oc2ccccc23)nc2ccccc21. The Labute approximate surface area is 272 Å². The summed E-state index contributed by atoms with van der Waals surface area (Å²) in [6.45, 7) is 9.10. The van der Waals surface area contributed by atoms with E-state index in [0.717, 1.165) is 77.5 Å². The van der Waals surface area contributed by atoms with E-state index in [9.17, 15) is 0 Å². The van der Waals surface area contributed by atoms with Gasteiger partial charge in [0.15, 0.2) is 0 Å². The quantitative estimate of drug-likeness (QED) is 0.195. The first-order valence-electron chi connectivity index (χ1n) is 16.4. The Hall–Kier alpha value is -5.61. The molecule has 6 aromatic carbocycles. The molecular weight excluding hydrogens is 576 g/mol. The first-order valence-corrected chi connectivity index (χ1v) is 16.4. The molecule has 0 spiro atoms. The third-order valence-electron chi connectivity index (χ3n) is 9.54. The summed E-state index contributed by atoms with van der Waals surface area (Å²) < 4.78 is 15.8. The fourth-order valence-electron chi connectivity index (χ4n) is 7.34. The molecule has 9 aromatic rings. The topological polar surface area (TPSA) is 44.1 Å². The van der Waals surface area contributed by atoms with Crippen LogP contribution in [-0.4, -0.2) is 9.55 Å². The van der Waals surface area contributed by atoms with Gasteiger partial charge in [-0.15, -0.1) is 0 Å². The minimum atomic E-state index is 0.177. The molecule has 0 radical (unpaired) electrons. The molecule has 0 bridgehead atoms. The van der Waals surface area contributed by atoms with Gasteiger partial charge in [0.2, 0.25) is 0 Å². The molecule has 228 valence electrons. The number of imidazole rings is 1. The van der Waals surface area contributed by atoms with Gasteiger partial charge in [0.25, 0.3) is 0 Å². The van der Waals surface area contributed by atoms with Gasteiger partial charge in [-0.25, -0.2) is 4.98 Å². The summed E-state index contributed by atoms with van der Waals surface area (Å²) in [6.07, 6.45) is 0. The van der Waals surface area contributed by atoms with Gasteiger partial charge in [0.1, 0.15) is 28.2 Å². The molecule has 3 heterocycles. The maximum Gasteiger partial charge on any atom is 0.149 e. The maximum atomic E-state index is 6.90. The molecule has 0 N–H and O–H groups in total. The molecule has 0 amide bonds. The van der Waals surface area contributed by atoms with Crippen LogP contribution in [0.2, 0.25) is 0 Å². The van der Waals surface area contributed by atoms with Crippen molar-refractivity contribution < 1.29 is 8.83 Å². The van der Waals surface area contributed by atoms with Crippen molar-refractivity contribution >= 4 is 54.9 Å². The van der Waals surface area contributed by atoms with Gasteiger partial charge in [-0.2, -0.15) is 0 Å². The second-order valence-corrected chi connectivity index (χ2v) is 13.1. The van der Waals surface area contributed by atoms with E-state index in [1.807, 2.05) is 12.1 Å². The van der Waals surface area contributed by atoms with Gasteiger partial charge in [-0.05, 0) is 71.0 Å². The standard InChI is InChI=1S/C43H34N2O2/c1-25(2)33-24-34-30-22-21-28(27-13-6-5-7-14-27)23-38(30)47-42(34)39(26(3)4)40(33)45-36-19-10-9-18-35(36)44-43(45)32-17-12-16-31-29-15-8-11-20-37(29)46-41(31)32/h5-26H,1-4H3. The molecule has 0 saturated carbocycles. The zero-order chi connectivity index (χ0) is 31.8. The lowest BCUT2D eigenvalue weighted by atomic mass is 9.89. The second-order valence-electron chi connectivity index (χ2n) is 13.1. The van der Waals surface area contributed by atoms with Crippen LogP contribution in [0, 0.1) is 0 Å². The van der Waals surface area contributed by atoms with E-state index >= 15 is 0 Å². The summed E-state index contributed by atoms with van der Waals surface area (Å²) >= 11 is 0. The maximum absolute atomic E-state index is 6.90. The monoisotopic (exact) mass is 610 g/mol. The van der Waals surface area contributed by atoms with Crippen molar-refractivity contribution in [2.75, 3.05) is 0 Å². The van der Waals surface area contributed by atoms with E-state index in [1.54, 1.807) is 0 Å². The van der Waals surface area contributed by atoms with E-state index in [4.69, 9.17) is 13.8 Å². The Kier molecular flexibility index (Phi) is 6.16. The number of rotatable bonds is 5. The molecular formula is C43H34N2O2. The number of hydrogen-bond acceptors (Lipinski definition) is 3. The molecule has 47 heavy (non-hydrogen) atoms. The van der Waals surface area contributed by atoms with Crippen molar-refractivity contribution in [1.29, 1.82) is 0 Å². The summed E-state index contributed by atoms with van der Waals surface area (Å²) in [5, 5.41) is 4.49. The molecule has 0 aliphatic heterocycles. The normalized spacial score (nSPS) is 12.2. The van der Waals surface area contributed by atoms with Crippen LogP contribution in [0.5, 0.6) is 0 Å². The minimum Gasteiger partial charge on any atom is -0.456 e. The van der Waals surface area contributed by atoms with Crippen molar-refractivity contribution in [2.24, 2.45) is 0 Å². The zero-order valence-corrected chi connectivity index (χ0v) is 26.9. The van der Waals surface area contributed by atoms with Crippen LogP contribution >= 0.6 is 0 Å². The minimum absolute atomic E-state index is 0.177. The van der Waals surface area contributed by atoms with Crippen LogP contribution in [0.15, 0.2) is 130 Å². The first-order chi connectivity index (χ1) is 23.0. The summed E-state index contributed by atoms with van der Waals surface area (Å²) in [5.41, 5.74) is 12.4. The van der Waals surface area contributed by atoms with Crippen LogP contribution < -0.4 is 0 Å². The molecule has 3 aromatic heterocycles. The molecule has 0 aliphatic carbocycles. The number of nitrogens with zero attached hydrogens (tertiary/aromatic N) is 2. The fraction of sp³-hybridized carbons (Fsp3) is 0.140. The largest absolute Gasteiger partial charge is 0.456 e. The number of para-hydroxylation sites is 4. The predicted octanol–water partition coefficient (Wildman–Crippen LogP) is 12.4. The third-order valence-corrected chi connectivity index (χ3v) is 9.54. The molecule has 0 atom stereocenters. The number of fused-ring (bicyclic) bond motifs is 7. The van der Waals surface area contributed by atoms with Gasteiger partial charge in [-0.1, -0.05) is 107 Å². The highest BCUT2D eigenvalue weighted by Gasteiger charge is 2.28. The number of aromatic nitrogens is 2. The molecule has 4 nitrogen and oxygen atoms in total. The Morgan fingerprint density at radius 2 is 1.28 bits per heavy atom. The Morgan fingerprint density at radius 1 is 0.553 bits per heavy atom. The molecule has 4 heteroatoms. The van der Waals surface area contributed by atoms with Crippen LogP contribution in [0.25, 0.3) is 83.1 Å². The van der Waals surface area contributed by atoms with Gasteiger partial charge in [0.05, 0.1) is 22.3 Å². The number of hydrogen-bond donors (Lipinski definition) is 0. The summed E-state index contributed by atoms with van der Waals surface area (Å²) in [5.74, 6) is 1.29. The molecule has 0 fully saturated rings. The van der Waals surface area contributed by atoms with Gasteiger partial charge in [0, 0.05) is 27.1 Å². The van der Waals surface area contributed by atoms with Crippen molar-refractivity contribution in [3.8, 4) is 28.2 Å². The number of furan rings is 2. The van der Waals surface area contributed by atoms with Crippen LogP contribution in [0.3, 0.4) is 0 Å². The van der Waals surface area contributed by atoms with E-state index in [-0.39, 0.29) is 11.8 Å². The first kappa shape index (κ1) is 27.7. The Balaban J connectivity index is 1.39.